The summed E-state index contributed by atoms with van der Waals surface area (Å²) in [5.74, 6) is 0.179. The van der Waals surface area contributed by atoms with E-state index in [9.17, 15) is 13.6 Å². The zero-order valence-electron chi connectivity index (χ0n) is 18.1. The van der Waals surface area contributed by atoms with Gasteiger partial charge in [0, 0.05) is 10.8 Å². The van der Waals surface area contributed by atoms with E-state index in [0.717, 1.165) is 16.8 Å². The van der Waals surface area contributed by atoms with Gasteiger partial charge in [-0.1, -0.05) is 53.7 Å². The van der Waals surface area contributed by atoms with E-state index in [-0.39, 0.29) is 18.0 Å². The lowest BCUT2D eigenvalue weighted by Crippen LogP contribution is -2.29. The first-order valence-electron chi connectivity index (χ1n) is 10.3. The molecule has 0 aliphatic rings. The Morgan fingerprint density at radius 3 is 2.59 bits per heavy atom. The number of urea groups is 1. The summed E-state index contributed by atoms with van der Waals surface area (Å²) in [4.78, 5) is 12.3. The molecule has 1 aromatic heterocycles. The van der Waals surface area contributed by atoms with Gasteiger partial charge < -0.3 is 10.6 Å². The number of anilines is 1. The number of hydrogen-bond donors (Lipinski definition) is 2. The highest BCUT2D eigenvalue weighted by Crippen LogP contribution is 2.28. The number of nitrogens with zero attached hydrogens (tertiary/aromatic N) is 3. The molecule has 1 heterocycles. The lowest BCUT2D eigenvalue weighted by molar-refractivity contribution is 0.251. The van der Waals surface area contributed by atoms with Gasteiger partial charge in [-0.3, -0.25) is 4.57 Å². The zero-order valence-corrected chi connectivity index (χ0v) is 19.6. The van der Waals surface area contributed by atoms with Gasteiger partial charge >= 0.3 is 6.03 Å². The van der Waals surface area contributed by atoms with E-state index in [1.54, 1.807) is 36.4 Å². The quantitative estimate of drug-likeness (QED) is 0.300. The summed E-state index contributed by atoms with van der Waals surface area (Å²) in [6.07, 6.45) is 0. The van der Waals surface area contributed by atoms with Crippen LogP contribution in [0.25, 0.3) is 5.69 Å². The molecule has 0 aliphatic carbocycles. The monoisotopic (exact) mass is 499 g/mol. The Morgan fingerprint density at radius 1 is 1.06 bits per heavy atom. The first kappa shape index (κ1) is 23.7. The van der Waals surface area contributed by atoms with E-state index in [1.165, 1.54) is 36.0 Å². The lowest BCUT2D eigenvalue weighted by Gasteiger charge is -2.14. The molecule has 0 unspecified atom stereocenters. The Labute approximate surface area is 204 Å². The standard InChI is InChI=1S/C24H20ClF2N5OS/c1-15-6-9-17(25)12-21(15)32-22(13-28-23(33)29-20-5-3-2-4-19(20)27)30-31-24(32)34-14-16-7-10-18(26)11-8-16/h2-12H,13-14H2,1H3,(H2,28,29,33). The largest absolute Gasteiger partial charge is 0.331 e. The smallest absolute Gasteiger partial charge is 0.319 e. The molecule has 10 heteroatoms. The minimum absolute atomic E-state index is 0.0380. The van der Waals surface area contributed by atoms with Crippen molar-refractivity contribution in [1.82, 2.24) is 20.1 Å². The van der Waals surface area contributed by atoms with Crippen LogP contribution in [0.5, 0.6) is 0 Å². The van der Waals surface area contributed by atoms with Crippen molar-refractivity contribution < 1.29 is 13.6 Å². The average molecular weight is 500 g/mol. The third-order valence-corrected chi connectivity index (χ3v) is 6.16. The predicted octanol–water partition coefficient (Wildman–Crippen LogP) is 6.12. The fourth-order valence-corrected chi connectivity index (χ4v) is 4.28. The summed E-state index contributed by atoms with van der Waals surface area (Å²) < 4.78 is 28.9. The van der Waals surface area contributed by atoms with E-state index in [1.807, 2.05) is 17.6 Å². The van der Waals surface area contributed by atoms with Gasteiger partial charge in [0.25, 0.3) is 0 Å². The van der Waals surface area contributed by atoms with Crippen molar-refractivity contribution in [3.63, 3.8) is 0 Å². The Balaban J connectivity index is 1.56. The van der Waals surface area contributed by atoms with Crippen molar-refractivity contribution in [2.45, 2.75) is 24.4 Å². The van der Waals surface area contributed by atoms with Crippen LogP contribution in [0.15, 0.2) is 71.9 Å². The zero-order chi connectivity index (χ0) is 24.1. The molecule has 0 saturated carbocycles. The first-order valence-corrected chi connectivity index (χ1v) is 11.6. The Morgan fingerprint density at radius 2 is 1.82 bits per heavy atom. The minimum atomic E-state index is -0.581. The number of para-hydroxylation sites is 1. The third kappa shape index (κ3) is 5.73. The summed E-state index contributed by atoms with van der Waals surface area (Å²) in [6, 6.07) is 17.0. The molecule has 0 atom stereocenters. The number of halogens is 3. The van der Waals surface area contributed by atoms with Crippen molar-refractivity contribution in [2.75, 3.05) is 5.32 Å². The molecule has 0 aliphatic heterocycles. The number of aromatic nitrogens is 3. The molecule has 4 rings (SSSR count). The molecule has 0 radical (unpaired) electrons. The van der Waals surface area contributed by atoms with Crippen molar-refractivity contribution in [3.05, 3.63) is 100 Å². The van der Waals surface area contributed by atoms with Crippen LogP contribution in [-0.2, 0) is 12.3 Å². The Bertz CT molecular complexity index is 1310. The van der Waals surface area contributed by atoms with Crippen molar-refractivity contribution in [2.24, 2.45) is 0 Å². The van der Waals surface area contributed by atoms with Gasteiger partial charge in [-0.15, -0.1) is 10.2 Å². The van der Waals surface area contributed by atoms with Crippen molar-refractivity contribution in [3.8, 4) is 5.69 Å². The maximum atomic E-state index is 13.8. The lowest BCUT2D eigenvalue weighted by atomic mass is 10.2. The number of carbonyl (C=O) groups is 1. The minimum Gasteiger partial charge on any atom is -0.331 e. The van der Waals surface area contributed by atoms with Crippen LogP contribution in [0.4, 0.5) is 19.3 Å². The highest BCUT2D eigenvalue weighted by atomic mass is 35.5. The van der Waals surface area contributed by atoms with Crippen LogP contribution in [0.1, 0.15) is 17.0 Å². The van der Waals surface area contributed by atoms with Gasteiger partial charge in [-0.25, -0.2) is 13.6 Å². The second kappa shape index (κ2) is 10.7. The highest BCUT2D eigenvalue weighted by Gasteiger charge is 2.18. The maximum absolute atomic E-state index is 13.8. The van der Waals surface area contributed by atoms with Gasteiger partial charge in [0.1, 0.15) is 11.6 Å². The SMILES string of the molecule is Cc1ccc(Cl)cc1-n1c(CNC(=O)Nc2ccccc2F)nnc1SCc1ccc(F)cc1. The molecule has 2 amide bonds. The van der Waals surface area contributed by atoms with Crippen LogP contribution >= 0.6 is 23.4 Å². The van der Waals surface area contributed by atoms with Crippen molar-refractivity contribution in [1.29, 1.82) is 0 Å². The van der Waals surface area contributed by atoms with E-state index < -0.39 is 11.8 Å². The summed E-state index contributed by atoms with van der Waals surface area (Å²) in [6.45, 7) is 1.97. The van der Waals surface area contributed by atoms with Crippen LogP contribution in [-0.4, -0.2) is 20.8 Å². The molecular formula is C24H20ClF2N5OS. The molecule has 2 N–H and O–H groups in total. The van der Waals surface area contributed by atoms with Gasteiger partial charge in [0.15, 0.2) is 11.0 Å². The molecule has 0 bridgehead atoms. The van der Waals surface area contributed by atoms with Crippen LogP contribution in [0, 0.1) is 18.6 Å². The number of amides is 2. The molecule has 0 saturated heterocycles. The molecular weight excluding hydrogens is 480 g/mol. The topological polar surface area (TPSA) is 71.8 Å². The van der Waals surface area contributed by atoms with Crippen LogP contribution in [0.2, 0.25) is 5.02 Å². The fraction of sp³-hybridized carbons (Fsp3) is 0.125. The fourth-order valence-electron chi connectivity index (χ4n) is 3.19. The third-order valence-electron chi connectivity index (χ3n) is 4.92. The molecule has 174 valence electrons. The normalized spacial score (nSPS) is 10.8. The van der Waals surface area contributed by atoms with E-state index in [4.69, 9.17) is 11.6 Å². The second-order valence-corrected chi connectivity index (χ2v) is 8.75. The number of carbonyl (C=O) groups excluding carboxylic acids is 1. The summed E-state index contributed by atoms with van der Waals surface area (Å²) in [5, 5.41) is 14.9. The van der Waals surface area contributed by atoms with Crippen LogP contribution < -0.4 is 10.6 Å². The Kier molecular flexibility index (Phi) is 7.44. The first-order chi connectivity index (χ1) is 16.4. The molecule has 4 aromatic rings. The van der Waals surface area contributed by atoms with E-state index in [2.05, 4.69) is 20.8 Å². The highest BCUT2D eigenvalue weighted by molar-refractivity contribution is 7.98. The van der Waals surface area contributed by atoms with Gasteiger partial charge in [0.2, 0.25) is 0 Å². The van der Waals surface area contributed by atoms with E-state index >= 15 is 0 Å². The maximum Gasteiger partial charge on any atom is 0.319 e. The second-order valence-electron chi connectivity index (χ2n) is 7.37. The van der Waals surface area contributed by atoms with E-state index in [0.29, 0.717) is 21.8 Å². The summed E-state index contributed by atoms with van der Waals surface area (Å²) in [5.41, 5.74) is 2.70. The number of thioether (sulfide) groups is 1. The van der Waals surface area contributed by atoms with Gasteiger partial charge in [-0.2, -0.15) is 0 Å². The number of aryl methyl sites for hydroxylation is 1. The summed E-state index contributed by atoms with van der Waals surface area (Å²) >= 11 is 7.67. The molecule has 6 nitrogen and oxygen atoms in total. The molecule has 0 spiro atoms. The van der Waals surface area contributed by atoms with Crippen molar-refractivity contribution >= 4 is 35.1 Å². The summed E-state index contributed by atoms with van der Waals surface area (Å²) in [7, 11) is 0. The number of benzene rings is 3. The van der Waals surface area contributed by atoms with Crippen LogP contribution in [0.3, 0.4) is 0 Å². The van der Waals surface area contributed by atoms with Gasteiger partial charge in [0.05, 0.1) is 17.9 Å². The van der Waals surface area contributed by atoms with Gasteiger partial charge in [-0.05, 0) is 54.4 Å². The molecule has 0 fully saturated rings. The number of nitrogens with one attached hydrogen (secondary N) is 2. The molecule has 3 aromatic carbocycles. The number of rotatable bonds is 7. The predicted molar refractivity (Wildman–Crippen MR) is 129 cm³/mol. The average Bonchev–Trinajstić information content (AvgIpc) is 3.23. The molecule has 34 heavy (non-hydrogen) atoms. The number of hydrogen-bond acceptors (Lipinski definition) is 4. The Hall–Kier alpha value is -3.43.